The summed E-state index contributed by atoms with van der Waals surface area (Å²) in [6.45, 7) is 4.12. The largest absolute Gasteiger partial charge is 0.296 e. The van der Waals surface area contributed by atoms with Gasteiger partial charge in [-0.15, -0.1) is 11.3 Å². The van der Waals surface area contributed by atoms with Gasteiger partial charge in [0.25, 0.3) is 0 Å². The first-order valence-electron chi connectivity index (χ1n) is 6.08. The van der Waals surface area contributed by atoms with Crippen molar-refractivity contribution in [3.05, 3.63) is 21.9 Å². The lowest BCUT2D eigenvalue weighted by Gasteiger charge is -2.28. The van der Waals surface area contributed by atoms with Crippen LogP contribution in [0.5, 0.6) is 0 Å². The maximum absolute atomic E-state index is 11.8. The Bertz CT molecular complexity index is 438. The molecule has 0 aliphatic carbocycles. The molecule has 3 nitrogen and oxygen atoms in total. The molecule has 2 unspecified atom stereocenters. The molecule has 2 amide bonds. The van der Waals surface area contributed by atoms with E-state index >= 15 is 0 Å². The Labute approximate surface area is 105 Å². The summed E-state index contributed by atoms with van der Waals surface area (Å²) in [7, 11) is 0. The summed E-state index contributed by atoms with van der Waals surface area (Å²) in [4.78, 5) is 25.7. The fourth-order valence-electron chi connectivity index (χ4n) is 2.36. The molecule has 2 rings (SSSR count). The number of carbonyl (C=O) groups excluding carboxylic acids is 2. The number of carbonyl (C=O) groups is 2. The third-order valence-corrected chi connectivity index (χ3v) is 4.69. The van der Waals surface area contributed by atoms with Gasteiger partial charge in [-0.3, -0.25) is 14.9 Å². The molecule has 0 spiro atoms. The van der Waals surface area contributed by atoms with Crippen LogP contribution in [0.3, 0.4) is 0 Å². The molecule has 0 bridgehead atoms. The van der Waals surface area contributed by atoms with Crippen molar-refractivity contribution in [2.75, 3.05) is 0 Å². The van der Waals surface area contributed by atoms with Crippen LogP contribution in [-0.4, -0.2) is 11.8 Å². The minimum Gasteiger partial charge on any atom is -0.296 e. The standard InChI is InChI=1S/C13H17NO2S/c1-3-8-5-6-11(17-8)10-7-12(15)14-13(16)9(10)4-2/h5-6,9-10H,3-4,7H2,1-2H3,(H,14,15,16). The number of aryl methyl sites for hydroxylation is 1. The van der Waals surface area contributed by atoms with Crippen LogP contribution in [0.15, 0.2) is 12.1 Å². The Morgan fingerprint density at radius 3 is 2.71 bits per heavy atom. The molecule has 1 aliphatic rings. The Morgan fingerprint density at radius 2 is 2.12 bits per heavy atom. The van der Waals surface area contributed by atoms with Crippen LogP contribution < -0.4 is 5.32 Å². The fourth-order valence-corrected chi connectivity index (χ4v) is 3.48. The number of hydrogen-bond donors (Lipinski definition) is 1. The molecular formula is C13H17NO2S. The van der Waals surface area contributed by atoms with Crippen molar-refractivity contribution in [2.24, 2.45) is 5.92 Å². The zero-order valence-electron chi connectivity index (χ0n) is 10.2. The highest BCUT2D eigenvalue weighted by Gasteiger charge is 2.36. The zero-order valence-corrected chi connectivity index (χ0v) is 11.0. The average molecular weight is 251 g/mol. The number of thiophene rings is 1. The maximum Gasteiger partial charge on any atom is 0.230 e. The van der Waals surface area contributed by atoms with E-state index in [1.165, 1.54) is 9.75 Å². The molecule has 4 heteroatoms. The van der Waals surface area contributed by atoms with Gasteiger partial charge in [-0.25, -0.2) is 0 Å². The van der Waals surface area contributed by atoms with Crippen molar-refractivity contribution >= 4 is 23.2 Å². The Hall–Kier alpha value is -1.16. The lowest BCUT2D eigenvalue weighted by atomic mass is 9.82. The van der Waals surface area contributed by atoms with E-state index in [2.05, 4.69) is 24.4 Å². The van der Waals surface area contributed by atoms with Gasteiger partial charge >= 0.3 is 0 Å². The number of nitrogens with one attached hydrogen (secondary N) is 1. The molecule has 1 aromatic rings. The van der Waals surface area contributed by atoms with Gasteiger partial charge < -0.3 is 0 Å². The van der Waals surface area contributed by atoms with Crippen LogP contribution in [0.25, 0.3) is 0 Å². The molecule has 1 aliphatic heterocycles. The van der Waals surface area contributed by atoms with Crippen LogP contribution in [0.2, 0.25) is 0 Å². The van der Waals surface area contributed by atoms with E-state index in [0.29, 0.717) is 6.42 Å². The van der Waals surface area contributed by atoms with Crippen LogP contribution in [0.1, 0.15) is 42.4 Å². The van der Waals surface area contributed by atoms with Crippen LogP contribution >= 0.6 is 11.3 Å². The normalized spacial score (nSPS) is 24.8. The summed E-state index contributed by atoms with van der Waals surface area (Å²) in [5, 5.41) is 2.43. The van der Waals surface area contributed by atoms with Gasteiger partial charge in [0.2, 0.25) is 11.8 Å². The van der Waals surface area contributed by atoms with Crippen LogP contribution in [-0.2, 0) is 16.0 Å². The molecule has 0 aromatic carbocycles. The molecule has 17 heavy (non-hydrogen) atoms. The monoisotopic (exact) mass is 251 g/mol. The number of imide groups is 1. The molecule has 2 heterocycles. The van der Waals surface area contributed by atoms with E-state index in [0.717, 1.165) is 12.8 Å². The number of rotatable bonds is 3. The number of amides is 2. The van der Waals surface area contributed by atoms with E-state index in [-0.39, 0.29) is 23.7 Å². The topological polar surface area (TPSA) is 46.2 Å². The molecule has 1 aromatic heterocycles. The average Bonchev–Trinajstić information content (AvgIpc) is 2.76. The summed E-state index contributed by atoms with van der Waals surface area (Å²) in [5.74, 6) is -0.237. The van der Waals surface area contributed by atoms with Crippen molar-refractivity contribution < 1.29 is 9.59 Å². The summed E-state index contributed by atoms with van der Waals surface area (Å²) in [5.41, 5.74) is 0. The molecule has 1 fully saturated rings. The third kappa shape index (κ3) is 2.41. The van der Waals surface area contributed by atoms with Crippen molar-refractivity contribution in [1.82, 2.24) is 5.32 Å². The molecule has 2 atom stereocenters. The summed E-state index contributed by atoms with van der Waals surface area (Å²) >= 11 is 1.73. The third-order valence-electron chi connectivity index (χ3n) is 3.33. The van der Waals surface area contributed by atoms with Crippen LogP contribution in [0.4, 0.5) is 0 Å². The second kappa shape index (κ2) is 5.00. The summed E-state index contributed by atoms with van der Waals surface area (Å²) in [6.07, 6.45) is 2.23. The van der Waals surface area contributed by atoms with Gasteiger partial charge in [0.05, 0.1) is 0 Å². The molecule has 1 N–H and O–H groups in total. The van der Waals surface area contributed by atoms with Gasteiger partial charge in [-0.2, -0.15) is 0 Å². The first-order chi connectivity index (χ1) is 8.15. The Morgan fingerprint density at radius 1 is 1.35 bits per heavy atom. The molecule has 0 saturated carbocycles. The summed E-state index contributed by atoms with van der Waals surface area (Å²) in [6, 6.07) is 4.17. The smallest absolute Gasteiger partial charge is 0.230 e. The second-order valence-corrected chi connectivity index (χ2v) is 5.60. The van der Waals surface area contributed by atoms with Gasteiger partial charge in [0, 0.05) is 28.0 Å². The van der Waals surface area contributed by atoms with E-state index in [1.54, 1.807) is 11.3 Å². The van der Waals surface area contributed by atoms with E-state index < -0.39 is 0 Å². The van der Waals surface area contributed by atoms with E-state index in [4.69, 9.17) is 0 Å². The predicted molar refractivity (Wildman–Crippen MR) is 68.0 cm³/mol. The van der Waals surface area contributed by atoms with Crippen LogP contribution in [0, 0.1) is 5.92 Å². The Balaban J connectivity index is 2.27. The van der Waals surface area contributed by atoms with Gasteiger partial charge in [0.15, 0.2) is 0 Å². The highest BCUT2D eigenvalue weighted by Crippen LogP contribution is 2.37. The van der Waals surface area contributed by atoms with Crippen molar-refractivity contribution in [3.63, 3.8) is 0 Å². The summed E-state index contributed by atoms with van der Waals surface area (Å²) < 4.78 is 0. The van der Waals surface area contributed by atoms with Gasteiger partial charge in [-0.1, -0.05) is 13.8 Å². The van der Waals surface area contributed by atoms with E-state index in [1.807, 2.05) is 6.92 Å². The van der Waals surface area contributed by atoms with Crippen molar-refractivity contribution in [3.8, 4) is 0 Å². The molecule has 92 valence electrons. The highest BCUT2D eigenvalue weighted by molar-refractivity contribution is 7.12. The lowest BCUT2D eigenvalue weighted by molar-refractivity contribution is -0.137. The van der Waals surface area contributed by atoms with E-state index in [9.17, 15) is 9.59 Å². The van der Waals surface area contributed by atoms with Gasteiger partial charge in [0.1, 0.15) is 0 Å². The lowest BCUT2D eigenvalue weighted by Crippen LogP contribution is -2.44. The molecule has 1 saturated heterocycles. The quantitative estimate of drug-likeness (QED) is 0.839. The second-order valence-electron chi connectivity index (χ2n) is 4.40. The minimum absolute atomic E-state index is 0.0592. The van der Waals surface area contributed by atoms with Crippen molar-refractivity contribution in [2.45, 2.75) is 39.0 Å². The molecular weight excluding hydrogens is 234 g/mol. The van der Waals surface area contributed by atoms with Gasteiger partial charge in [-0.05, 0) is 25.0 Å². The fraction of sp³-hybridized carbons (Fsp3) is 0.538. The highest BCUT2D eigenvalue weighted by atomic mass is 32.1. The van der Waals surface area contributed by atoms with Crippen molar-refractivity contribution in [1.29, 1.82) is 0 Å². The Kier molecular flexibility index (Phi) is 3.62. The predicted octanol–water partition coefficient (Wildman–Crippen LogP) is 2.47. The minimum atomic E-state index is -0.142. The number of piperidine rings is 1. The molecule has 0 radical (unpaired) electrons. The SMILES string of the molecule is CCc1ccc(C2CC(=O)NC(=O)C2CC)s1. The maximum atomic E-state index is 11.8. The number of hydrogen-bond acceptors (Lipinski definition) is 3. The first kappa shape index (κ1) is 12.3. The zero-order chi connectivity index (χ0) is 12.4. The first-order valence-corrected chi connectivity index (χ1v) is 6.89.